The minimum Gasteiger partial charge on any atom is -0.475 e. The van der Waals surface area contributed by atoms with Crippen molar-refractivity contribution in [3.8, 4) is 0 Å². The molecule has 2 aromatic carbocycles. The van der Waals surface area contributed by atoms with Crippen molar-refractivity contribution < 1.29 is 35.9 Å². The molecule has 2 aromatic heterocycles. The van der Waals surface area contributed by atoms with E-state index in [0.717, 1.165) is 15.8 Å². The van der Waals surface area contributed by atoms with Crippen LogP contribution in [0.1, 0.15) is 5.56 Å². The maximum absolute atomic E-state index is 12.2. The van der Waals surface area contributed by atoms with Crippen molar-refractivity contribution in [1.29, 1.82) is 0 Å². The first-order valence-corrected chi connectivity index (χ1v) is 13.8. The van der Waals surface area contributed by atoms with Gasteiger partial charge in [0, 0.05) is 34.2 Å². The van der Waals surface area contributed by atoms with E-state index in [0.29, 0.717) is 28.6 Å². The second-order valence-electron chi connectivity index (χ2n) is 7.87. The summed E-state index contributed by atoms with van der Waals surface area (Å²) >= 11 is 1.48. The molecule has 4 rings (SSSR count). The highest BCUT2D eigenvalue weighted by Crippen LogP contribution is 2.31. The summed E-state index contributed by atoms with van der Waals surface area (Å²) in [6.45, 7) is 1.86. The minimum atomic E-state index is -5.08. The quantitative estimate of drug-likeness (QED) is 0.173. The molecule has 2 heterocycles. The lowest BCUT2D eigenvalue weighted by Gasteiger charge is -2.13. The Kier molecular flexibility index (Phi) is 9.39. The van der Waals surface area contributed by atoms with E-state index < -0.39 is 27.8 Å². The third-order valence-electron chi connectivity index (χ3n) is 5.15. The van der Waals surface area contributed by atoms with Crippen molar-refractivity contribution in [3.05, 3.63) is 70.8 Å². The maximum atomic E-state index is 12.2. The van der Waals surface area contributed by atoms with Crippen LogP contribution in [-0.2, 0) is 14.8 Å². The SMILES string of the molecule is CNS(=O)(=O)c1ccc(SC)c(Nc2cc(Nc3ccc4c(C)cc(=O)oc4c3)ncn2)c1.O=C(O)C(F)(F)F. The molecule has 4 aromatic rings. The highest BCUT2D eigenvalue weighted by atomic mass is 32.2. The van der Waals surface area contributed by atoms with Gasteiger partial charge < -0.3 is 20.2 Å². The number of hydrogen-bond donors (Lipinski definition) is 4. The van der Waals surface area contributed by atoms with E-state index in [1.54, 1.807) is 30.3 Å². The Morgan fingerprint density at radius 2 is 1.68 bits per heavy atom. The van der Waals surface area contributed by atoms with Crippen LogP contribution in [0.5, 0.6) is 0 Å². The highest BCUT2D eigenvalue weighted by Gasteiger charge is 2.38. The van der Waals surface area contributed by atoms with Crippen molar-refractivity contribution in [1.82, 2.24) is 14.7 Å². The van der Waals surface area contributed by atoms with Gasteiger partial charge in [-0.05, 0) is 56.1 Å². The molecule has 0 bridgehead atoms. The van der Waals surface area contributed by atoms with E-state index in [1.165, 1.54) is 31.2 Å². The molecule has 0 aliphatic rings. The zero-order chi connectivity index (χ0) is 29.7. The molecule has 0 atom stereocenters. The van der Waals surface area contributed by atoms with Gasteiger partial charge >= 0.3 is 17.8 Å². The number of anilines is 4. The molecule has 11 nitrogen and oxygen atoms in total. The fraction of sp³-hybridized carbons (Fsp3) is 0.167. The van der Waals surface area contributed by atoms with Crippen molar-refractivity contribution in [2.45, 2.75) is 22.9 Å². The van der Waals surface area contributed by atoms with Gasteiger partial charge in [0.25, 0.3) is 0 Å². The molecule has 0 saturated carbocycles. The first-order chi connectivity index (χ1) is 18.7. The summed E-state index contributed by atoms with van der Waals surface area (Å²) in [5.74, 6) is -1.77. The second-order valence-corrected chi connectivity index (χ2v) is 10.6. The molecular formula is C24H22F3N5O6S2. The summed E-state index contributed by atoms with van der Waals surface area (Å²) in [6, 6.07) is 13.5. The molecule has 212 valence electrons. The number of carboxylic acids is 1. The Labute approximate surface area is 229 Å². The number of halogens is 3. The average molecular weight is 598 g/mol. The third kappa shape index (κ3) is 7.71. The van der Waals surface area contributed by atoms with E-state index in [1.807, 2.05) is 25.3 Å². The summed E-state index contributed by atoms with van der Waals surface area (Å²) in [7, 11) is -2.22. The Morgan fingerprint density at radius 3 is 2.27 bits per heavy atom. The normalized spacial score (nSPS) is 11.4. The average Bonchev–Trinajstić information content (AvgIpc) is 2.88. The molecule has 0 spiro atoms. The number of rotatable bonds is 7. The zero-order valence-electron chi connectivity index (χ0n) is 21.0. The highest BCUT2D eigenvalue weighted by molar-refractivity contribution is 7.98. The number of fused-ring (bicyclic) bond motifs is 1. The van der Waals surface area contributed by atoms with Gasteiger partial charge in [-0.3, -0.25) is 0 Å². The predicted octanol–water partition coefficient (Wildman–Crippen LogP) is 4.64. The molecule has 0 aliphatic carbocycles. The first kappa shape index (κ1) is 30.4. The lowest BCUT2D eigenvalue weighted by Crippen LogP contribution is -2.21. The van der Waals surface area contributed by atoms with Crippen LogP contribution < -0.4 is 21.0 Å². The second kappa shape index (κ2) is 12.4. The third-order valence-corrected chi connectivity index (χ3v) is 7.35. The standard InChI is InChI=1S/C22H21N5O4S2.C2HF3O2/c1-13-8-22(28)31-18-9-14(4-6-16(13)18)26-20-11-21(25-12-24-20)27-17-10-15(33(29,30)23-2)5-7-19(17)32-3;3-2(4,5)1(6)7/h4-12,23H,1-3H3,(H2,24,25,26,27);(H,6,7). The Bertz CT molecular complexity index is 1710. The van der Waals surface area contributed by atoms with Crippen molar-refractivity contribution >= 4 is 61.7 Å². The van der Waals surface area contributed by atoms with Crippen LogP contribution in [-0.4, -0.2) is 48.9 Å². The Balaban J connectivity index is 0.000000559. The van der Waals surface area contributed by atoms with E-state index in [4.69, 9.17) is 14.3 Å². The molecule has 0 amide bonds. The number of thioether (sulfide) groups is 1. The number of nitrogens with zero attached hydrogens (tertiary/aromatic N) is 2. The Hall–Kier alpha value is -4.15. The van der Waals surface area contributed by atoms with E-state index in [2.05, 4.69) is 25.3 Å². The van der Waals surface area contributed by atoms with Crippen LogP contribution in [0.2, 0.25) is 0 Å². The van der Waals surface area contributed by atoms with E-state index >= 15 is 0 Å². The van der Waals surface area contributed by atoms with Gasteiger partial charge in [0.15, 0.2) is 0 Å². The fourth-order valence-electron chi connectivity index (χ4n) is 3.25. The van der Waals surface area contributed by atoms with Gasteiger partial charge in [-0.15, -0.1) is 11.8 Å². The van der Waals surface area contributed by atoms with E-state index in [-0.39, 0.29) is 4.90 Å². The van der Waals surface area contributed by atoms with Crippen LogP contribution in [0, 0.1) is 6.92 Å². The molecule has 0 aliphatic heterocycles. The lowest BCUT2D eigenvalue weighted by molar-refractivity contribution is -0.192. The summed E-state index contributed by atoms with van der Waals surface area (Å²) in [4.78, 5) is 30.1. The summed E-state index contributed by atoms with van der Waals surface area (Å²) in [6.07, 6.45) is -1.79. The largest absolute Gasteiger partial charge is 0.490 e. The maximum Gasteiger partial charge on any atom is 0.490 e. The van der Waals surface area contributed by atoms with Gasteiger partial charge in [-0.2, -0.15) is 13.2 Å². The fourth-order valence-corrected chi connectivity index (χ4v) is 4.54. The smallest absolute Gasteiger partial charge is 0.475 e. The number of carbonyl (C=O) groups is 1. The van der Waals surface area contributed by atoms with Crippen LogP contribution in [0.15, 0.2) is 73.9 Å². The number of carboxylic acid groups (broad SMARTS) is 1. The lowest BCUT2D eigenvalue weighted by atomic mass is 10.1. The van der Waals surface area contributed by atoms with Crippen LogP contribution in [0.4, 0.5) is 36.2 Å². The molecule has 40 heavy (non-hydrogen) atoms. The summed E-state index contributed by atoms with van der Waals surface area (Å²) in [5, 5.41) is 14.3. The number of aromatic nitrogens is 2. The van der Waals surface area contributed by atoms with Crippen LogP contribution >= 0.6 is 11.8 Å². The summed E-state index contributed by atoms with van der Waals surface area (Å²) in [5.41, 5.74) is 2.20. The van der Waals surface area contributed by atoms with Crippen molar-refractivity contribution in [2.24, 2.45) is 0 Å². The number of aryl methyl sites for hydroxylation is 1. The number of aliphatic carboxylic acids is 1. The number of hydrogen-bond acceptors (Lipinski definition) is 10. The molecule has 0 radical (unpaired) electrons. The molecule has 0 unspecified atom stereocenters. The molecule has 4 N–H and O–H groups in total. The predicted molar refractivity (Wildman–Crippen MR) is 144 cm³/mol. The van der Waals surface area contributed by atoms with Gasteiger partial charge in [0.2, 0.25) is 10.0 Å². The minimum absolute atomic E-state index is 0.144. The molecule has 0 saturated heterocycles. The number of sulfonamides is 1. The van der Waals surface area contributed by atoms with Crippen LogP contribution in [0.3, 0.4) is 0 Å². The number of alkyl halides is 3. The van der Waals surface area contributed by atoms with Gasteiger partial charge in [-0.25, -0.2) is 32.7 Å². The Morgan fingerprint density at radius 1 is 1.02 bits per heavy atom. The van der Waals surface area contributed by atoms with Crippen molar-refractivity contribution in [3.63, 3.8) is 0 Å². The van der Waals surface area contributed by atoms with Crippen LogP contribution in [0.25, 0.3) is 11.0 Å². The van der Waals surface area contributed by atoms with Gasteiger partial charge in [0.1, 0.15) is 23.5 Å². The van der Waals surface area contributed by atoms with E-state index in [9.17, 15) is 26.4 Å². The van der Waals surface area contributed by atoms with Gasteiger partial charge in [0.05, 0.1) is 10.6 Å². The molecule has 0 fully saturated rings. The first-order valence-electron chi connectivity index (χ1n) is 11.1. The summed E-state index contributed by atoms with van der Waals surface area (Å²) < 4.78 is 63.7. The molecule has 16 heteroatoms. The monoisotopic (exact) mass is 597 g/mol. The number of nitrogens with one attached hydrogen (secondary N) is 3. The topological polar surface area (TPSA) is 164 Å². The van der Waals surface area contributed by atoms with Crippen molar-refractivity contribution in [2.75, 3.05) is 23.9 Å². The zero-order valence-corrected chi connectivity index (χ0v) is 22.7. The molecular weight excluding hydrogens is 575 g/mol. The number of benzene rings is 2. The van der Waals surface area contributed by atoms with Gasteiger partial charge in [-0.1, -0.05) is 0 Å².